The molecule has 1 fully saturated rings. The Morgan fingerprint density at radius 1 is 1.09 bits per heavy atom. The highest BCUT2D eigenvalue weighted by molar-refractivity contribution is 7.46. The molecule has 0 radical (unpaired) electrons. The van der Waals surface area contributed by atoms with E-state index in [0.29, 0.717) is 5.69 Å². The first-order valence-corrected chi connectivity index (χ1v) is 12.9. The lowest BCUT2D eigenvalue weighted by Crippen LogP contribution is -2.28. The molecule has 0 spiro atoms. The summed E-state index contributed by atoms with van der Waals surface area (Å²) in [6.07, 6.45) is -1.08. The van der Waals surface area contributed by atoms with E-state index >= 15 is 0 Å². The Kier molecular flexibility index (Phi) is 7.28. The number of rotatable bonds is 8. The zero-order valence-corrected chi connectivity index (χ0v) is 19.4. The third kappa shape index (κ3) is 6.67. The fourth-order valence-electron chi connectivity index (χ4n) is 3.42. The Bertz CT molecular complexity index is 1290. The molecule has 1 aromatic carbocycles. The van der Waals surface area contributed by atoms with E-state index in [1.54, 1.807) is 30.3 Å². The summed E-state index contributed by atoms with van der Waals surface area (Å²) in [6.45, 7) is -0.695. The number of phosphoric acid groups is 2. The number of para-hydroxylation sites is 1. The lowest BCUT2D eigenvalue weighted by molar-refractivity contribution is -0.0417. The number of hydrogen-bond donors (Lipinski definition) is 6. The van der Waals surface area contributed by atoms with Crippen LogP contribution in [0.3, 0.4) is 0 Å². The molecule has 16 nitrogen and oxygen atoms in total. The second-order valence-electron chi connectivity index (χ2n) is 7.28. The van der Waals surface area contributed by atoms with Gasteiger partial charge in [-0.2, -0.15) is 0 Å². The Hall–Kier alpha value is -2.78. The molecule has 2 aromatic heterocycles. The molecule has 2 amide bonds. The van der Waals surface area contributed by atoms with Crippen molar-refractivity contribution in [2.24, 2.45) is 0 Å². The summed E-state index contributed by atoms with van der Waals surface area (Å²) >= 11 is 0. The number of benzene rings is 1. The number of fused-ring (bicyclic) bond motifs is 1. The highest BCUT2D eigenvalue weighted by Crippen LogP contribution is 2.45. The number of nitrogens with one attached hydrogen (secondary N) is 2. The maximum atomic E-state index is 12.4. The van der Waals surface area contributed by atoms with E-state index < -0.39 is 46.7 Å². The second-order valence-corrected chi connectivity index (χ2v) is 9.71. The van der Waals surface area contributed by atoms with E-state index in [4.69, 9.17) is 19.0 Å². The van der Waals surface area contributed by atoms with Crippen molar-refractivity contribution in [3.05, 3.63) is 43.0 Å². The van der Waals surface area contributed by atoms with Crippen LogP contribution < -0.4 is 10.6 Å². The van der Waals surface area contributed by atoms with E-state index in [9.17, 15) is 23.7 Å². The second kappa shape index (κ2) is 10.1. The Morgan fingerprint density at radius 3 is 2.51 bits per heavy atom. The number of carbonyl (C=O) groups excluding carboxylic acids is 1. The predicted octanol–water partition coefficient (Wildman–Crippen LogP) is 1.34. The highest BCUT2D eigenvalue weighted by Gasteiger charge is 2.42. The number of carbonyl (C=O) groups is 1. The van der Waals surface area contributed by atoms with Gasteiger partial charge in [-0.05, 0) is 12.1 Å². The van der Waals surface area contributed by atoms with E-state index in [-0.39, 0.29) is 23.4 Å². The normalized spacial score (nSPS) is 20.7. The van der Waals surface area contributed by atoms with Crippen molar-refractivity contribution in [1.82, 2.24) is 19.5 Å². The molecule has 0 saturated carbocycles. The highest BCUT2D eigenvalue weighted by atomic mass is 31.2. The summed E-state index contributed by atoms with van der Waals surface area (Å²) in [5, 5.41) is 5.21. The molecule has 4 rings (SSSR count). The number of aromatic nitrogens is 4. The topological polar surface area (TPSA) is 227 Å². The van der Waals surface area contributed by atoms with Crippen molar-refractivity contribution in [2.45, 2.75) is 24.9 Å². The van der Waals surface area contributed by atoms with E-state index in [1.807, 2.05) is 0 Å². The average Bonchev–Trinajstić information content (AvgIpc) is 3.35. The van der Waals surface area contributed by atoms with Crippen LogP contribution in [0.1, 0.15) is 12.6 Å². The van der Waals surface area contributed by atoms with Crippen LogP contribution in [0.25, 0.3) is 11.2 Å². The number of hydrogen-bond acceptors (Lipinski definition) is 9. The summed E-state index contributed by atoms with van der Waals surface area (Å²) in [6, 6.07) is 8.13. The van der Waals surface area contributed by atoms with Crippen LogP contribution in [0.15, 0.2) is 43.0 Å². The third-order valence-electron chi connectivity index (χ3n) is 4.79. The number of anilines is 2. The summed E-state index contributed by atoms with van der Waals surface area (Å²) in [5.41, 5.74) is 0.966. The molecular weight excluding hydrogens is 510 g/mol. The quantitative estimate of drug-likeness (QED) is 0.226. The van der Waals surface area contributed by atoms with Crippen molar-refractivity contribution in [3.63, 3.8) is 0 Å². The zero-order chi connectivity index (χ0) is 25.2. The van der Waals surface area contributed by atoms with Gasteiger partial charge in [0.1, 0.15) is 24.8 Å². The monoisotopic (exact) mass is 530 g/mol. The van der Waals surface area contributed by atoms with Crippen molar-refractivity contribution in [1.29, 1.82) is 0 Å². The minimum Gasteiger partial charge on any atom is -0.349 e. The zero-order valence-electron chi connectivity index (χ0n) is 17.6. The smallest absolute Gasteiger partial charge is 0.349 e. The SMILES string of the molecule is O=C(Nc1ccccc1)Nc1ncnc2c1ncn2[C@H]1C[C@H](OP(=O)(O)O)[C@@H](COP(=O)(O)O)O1. The molecule has 3 atom stereocenters. The number of ether oxygens (including phenoxy) is 1. The molecule has 3 heterocycles. The fourth-order valence-corrected chi connectivity index (χ4v) is 4.34. The fraction of sp³-hybridized carbons (Fsp3) is 0.294. The van der Waals surface area contributed by atoms with Crippen molar-refractivity contribution in [2.75, 3.05) is 17.2 Å². The number of phosphoric ester groups is 2. The number of amides is 2. The Morgan fingerprint density at radius 2 is 1.83 bits per heavy atom. The summed E-state index contributed by atoms with van der Waals surface area (Å²) in [7, 11) is -9.83. The molecule has 0 bridgehead atoms. The van der Waals surface area contributed by atoms with Crippen molar-refractivity contribution in [3.8, 4) is 0 Å². The molecule has 35 heavy (non-hydrogen) atoms. The Labute approximate surface area is 196 Å². The molecule has 0 unspecified atom stereocenters. The largest absolute Gasteiger partial charge is 0.469 e. The molecule has 6 N–H and O–H groups in total. The van der Waals surface area contributed by atoms with Crippen LogP contribution in [0, 0.1) is 0 Å². The summed E-state index contributed by atoms with van der Waals surface area (Å²) < 4.78 is 38.7. The first kappa shape index (κ1) is 25.3. The first-order chi connectivity index (χ1) is 16.5. The van der Waals surface area contributed by atoms with Crippen molar-refractivity contribution < 1.29 is 47.3 Å². The van der Waals surface area contributed by atoms with Gasteiger partial charge in [-0.1, -0.05) is 18.2 Å². The van der Waals surface area contributed by atoms with Gasteiger partial charge in [0.2, 0.25) is 0 Å². The summed E-state index contributed by atoms with van der Waals surface area (Å²) in [5.74, 6) is 0.0876. The van der Waals surface area contributed by atoms with Crippen LogP contribution in [0.5, 0.6) is 0 Å². The number of urea groups is 1. The minimum absolute atomic E-state index is 0.0876. The van der Waals surface area contributed by atoms with Crippen LogP contribution in [-0.2, 0) is 22.9 Å². The maximum absolute atomic E-state index is 12.4. The van der Waals surface area contributed by atoms with Gasteiger partial charge in [0, 0.05) is 12.1 Å². The van der Waals surface area contributed by atoms with Gasteiger partial charge in [0.05, 0.1) is 12.9 Å². The predicted molar refractivity (Wildman–Crippen MR) is 118 cm³/mol. The molecule has 18 heteroatoms. The molecule has 1 aliphatic heterocycles. The number of nitrogens with zero attached hydrogens (tertiary/aromatic N) is 4. The molecule has 1 saturated heterocycles. The Balaban J connectivity index is 1.54. The maximum Gasteiger partial charge on any atom is 0.469 e. The first-order valence-electron chi connectivity index (χ1n) is 9.88. The molecule has 188 valence electrons. The van der Waals surface area contributed by atoms with Crippen LogP contribution >= 0.6 is 15.6 Å². The van der Waals surface area contributed by atoms with Gasteiger partial charge in [-0.15, -0.1) is 0 Å². The van der Waals surface area contributed by atoms with Gasteiger partial charge in [0.15, 0.2) is 17.0 Å². The van der Waals surface area contributed by atoms with E-state index in [2.05, 4.69) is 30.1 Å². The third-order valence-corrected chi connectivity index (χ3v) is 5.82. The molecule has 3 aromatic rings. The van der Waals surface area contributed by atoms with Gasteiger partial charge >= 0.3 is 21.7 Å². The van der Waals surface area contributed by atoms with E-state index in [1.165, 1.54) is 17.2 Å². The number of imidazole rings is 1. The van der Waals surface area contributed by atoms with Gasteiger partial charge in [-0.25, -0.2) is 28.9 Å². The minimum atomic E-state index is -4.96. The average molecular weight is 530 g/mol. The summed E-state index contributed by atoms with van der Waals surface area (Å²) in [4.78, 5) is 61.0. The van der Waals surface area contributed by atoms with Crippen LogP contribution in [0.2, 0.25) is 0 Å². The molecule has 1 aliphatic rings. The van der Waals surface area contributed by atoms with E-state index in [0.717, 1.165) is 0 Å². The van der Waals surface area contributed by atoms with Gasteiger partial charge < -0.3 is 29.6 Å². The molecular formula is C17H20N6O10P2. The van der Waals surface area contributed by atoms with Gasteiger partial charge in [0.25, 0.3) is 0 Å². The van der Waals surface area contributed by atoms with Crippen LogP contribution in [-0.4, -0.2) is 63.9 Å². The van der Waals surface area contributed by atoms with Crippen LogP contribution in [0.4, 0.5) is 16.3 Å². The molecule has 0 aliphatic carbocycles. The lowest BCUT2D eigenvalue weighted by atomic mass is 10.2. The standard InChI is InChI=1S/C17H20N6O10P2/c24-17(21-10-4-2-1-3-5-10)22-15-14-16(19-8-18-15)23(9-20-14)13-6-11(33-35(28,29)30)12(32-13)7-31-34(25,26)27/h1-5,8-9,11-13H,6-7H2,(H2,25,26,27)(H2,28,29,30)(H2,18,19,21,22,24)/t11-,12+,13+/m0/s1. The van der Waals surface area contributed by atoms with Crippen molar-refractivity contribution >= 4 is 44.3 Å². The lowest BCUT2D eigenvalue weighted by Gasteiger charge is -2.19. The van der Waals surface area contributed by atoms with Gasteiger partial charge in [-0.3, -0.25) is 18.9 Å².